The predicted octanol–water partition coefficient (Wildman–Crippen LogP) is 5.29. The molecule has 3 heterocycles. The second-order valence-corrected chi connectivity index (χ2v) is 7.03. The van der Waals surface area contributed by atoms with Gasteiger partial charge in [0.15, 0.2) is 5.65 Å². The third kappa shape index (κ3) is 2.98. The summed E-state index contributed by atoms with van der Waals surface area (Å²) in [7, 11) is 1.61. The van der Waals surface area contributed by atoms with Crippen LogP contribution in [0.15, 0.2) is 67.0 Å². The van der Waals surface area contributed by atoms with Crippen molar-refractivity contribution >= 4 is 17.1 Å². The zero-order chi connectivity index (χ0) is 20.7. The molecule has 0 spiro atoms. The van der Waals surface area contributed by atoms with Gasteiger partial charge in [0.05, 0.1) is 19.3 Å². The van der Waals surface area contributed by atoms with Gasteiger partial charge in [-0.3, -0.25) is 10.3 Å². The molecule has 0 atom stereocenters. The van der Waals surface area contributed by atoms with Crippen molar-refractivity contribution < 1.29 is 14.3 Å². The summed E-state index contributed by atoms with van der Waals surface area (Å²) in [6, 6.07) is 16.1. The van der Waals surface area contributed by atoms with Gasteiger partial charge in [0.25, 0.3) is 0 Å². The topological polar surface area (TPSA) is 58.5 Å². The lowest BCUT2D eigenvalue weighted by Crippen LogP contribution is -2.16. The number of aromatic nitrogens is 2. The van der Waals surface area contributed by atoms with E-state index in [-0.39, 0.29) is 5.82 Å². The lowest BCUT2D eigenvalue weighted by molar-refractivity contribution is -0.0499. The van der Waals surface area contributed by atoms with Gasteiger partial charge in [0.1, 0.15) is 11.6 Å². The Morgan fingerprint density at radius 1 is 1.03 bits per heavy atom. The highest BCUT2D eigenvalue weighted by Crippen LogP contribution is 2.39. The number of rotatable bonds is 3. The van der Waals surface area contributed by atoms with Crippen LogP contribution in [0.4, 0.5) is 4.39 Å². The molecule has 0 unspecified atom stereocenters. The summed E-state index contributed by atoms with van der Waals surface area (Å²) < 4.78 is 20.0. The van der Waals surface area contributed by atoms with Gasteiger partial charge in [0.2, 0.25) is 0 Å². The van der Waals surface area contributed by atoms with Crippen molar-refractivity contribution in [1.82, 2.24) is 15.0 Å². The maximum Gasteiger partial charge on any atom is 0.160 e. The molecule has 2 aromatic heterocycles. The van der Waals surface area contributed by atoms with Crippen LogP contribution in [0.1, 0.15) is 11.1 Å². The van der Waals surface area contributed by atoms with E-state index in [4.69, 9.17) is 4.74 Å². The molecule has 2 aromatic carbocycles. The average Bonchev–Trinajstić information content (AvgIpc) is 2.78. The maximum atomic E-state index is 14.5. The number of methoxy groups -OCH3 is 1. The summed E-state index contributed by atoms with van der Waals surface area (Å²) in [6.07, 6.45) is 5.14. The molecule has 4 aromatic rings. The Labute approximate surface area is 172 Å². The Morgan fingerprint density at radius 2 is 1.90 bits per heavy atom. The molecule has 1 aliphatic heterocycles. The smallest absolute Gasteiger partial charge is 0.160 e. The van der Waals surface area contributed by atoms with Gasteiger partial charge in [-0.05, 0) is 59.2 Å². The molecular weight excluding hydrogens is 381 g/mol. The summed E-state index contributed by atoms with van der Waals surface area (Å²) in [6.45, 7) is 0.310. The van der Waals surface area contributed by atoms with Crippen molar-refractivity contribution in [3.05, 3.63) is 83.9 Å². The van der Waals surface area contributed by atoms with E-state index >= 15 is 0 Å². The van der Waals surface area contributed by atoms with Gasteiger partial charge in [-0.2, -0.15) is 0 Å². The molecule has 0 aliphatic carbocycles. The van der Waals surface area contributed by atoms with Crippen LogP contribution in [0.25, 0.3) is 39.5 Å². The predicted molar refractivity (Wildman–Crippen MR) is 113 cm³/mol. The minimum atomic E-state index is -0.334. The van der Waals surface area contributed by atoms with Crippen LogP contribution < -0.4 is 4.74 Å². The molecule has 30 heavy (non-hydrogen) atoms. The minimum absolute atomic E-state index is 0.310. The van der Waals surface area contributed by atoms with Gasteiger partial charge < -0.3 is 4.74 Å². The Kier molecular flexibility index (Phi) is 4.41. The van der Waals surface area contributed by atoms with E-state index in [0.717, 1.165) is 32.7 Å². The van der Waals surface area contributed by atoms with Crippen LogP contribution >= 0.6 is 0 Å². The third-order valence-corrected chi connectivity index (χ3v) is 5.29. The van der Waals surface area contributed by atoms with E-state index in [1.54, 1.807) is 37.7 Å². The van der Waals surface area contributed by atoms with Crippen LogP contribution in [0.3, 0.4) is 0 Å². The fraction of sp³-hybridized carbons (Fsp3) is 0.0833. The molecule has 0 saturated heterocycles. The van der Waals surface area contributed by atoms with Crippen molar-refractivity contribution in [2.75, 3.05) is 7.11 Å². The highest BCUT2D eigenvalue weighted by atomic mass is 19.1. The first-order chi connectivity index (χ1) is 14.7. The molecule has 0 radical (unpaired) electrons. The van der Waals surface area contributed by atoms with Crippen molar-refractivity contribution in [2.45, 2.75) is 6.54 Å². The Morgan fingerprint density at radius 3 is 2.73 bits per heavy atom. The lowest BCUT2D eigenvalue weighted by atomic mass is 9.91. The highest BCUT2D eigenvalue weighted by Gasteiger charge is 2.21. The molecule has 1 aliphatic rings. The largest absolute Gasteiger partial charge is 0.496 e. The van der Waals surface area contributed by atoms with Crippen molar-refractivity contribution in [1.29, 1.82) is 0 Å². The third-order valence-electron chi connectivity index (χ3n) is 5.29. The van der Waals surface area contributed by atoms with Gasteiger partial charge in [-0.1, -0.05) is 18.2 Å². The number of hydrogen-bond acceptors (Lipinski definition) is 5. The fourth-order valence-electron chi connectivity index (χ4n) is 3.89. The maximum absolute atomic E-state index is 14.5. The van der Waals surface area contributed by atoms with Crippen molar-refractivity contribution in [3.8, 4) is 28.1 Å². The lowest BCUT2D eigenvalue weighted by Gasteiger charge is -2.24. The normalized spacial score (nSPS) is 12.8. The number of pyridine rings is 2. The first-order valence-electron chi connectivity index (χ1n) is 9.50. The number of ether oxygens (including phenoxy) is 1. The van der Waals surface area contributed by atoms with Gasteiger partial charge in [-0.25, -0.2) is 14.4 Å². The Balaban J connectivity index is 1.82. The molecule has 0 fully saturated rings. The second kappa shape index (κ2) is 7.24. The van der Waals surface area contributed by atoms with Crippen LogP contribution in [-0.4, -0.2) is 27.3 Å². The highest BCUT2D eigenvalue weighted by molar-refractivity contribution is 5.97. The van der Waals surface area contributed by atoms with Crippen LogP contribution in [0.5, 0.6) is 5.75 Å². The molecule has 0 bridgehead atoms. The SMILES string of the molecule is COc1ccc(-c2cc(-c3ccccc3F)nc3ncccc23)c2c1CN(O)C=C2. The minimum Gasteiger partial charge on any atom is -0.496 e. The number of nitrogens with zero attached hydrogens (tertiary/aromatic N) is 3. The second-order valence-electron chi connectivity index (χ2n) is 7.03. The van der Waals surface area contributed by atoms with Crippen molar-refractivity contribution in [3.63, 3.8) is 0 Å². The van der Waals surface area contributed by atoms with Crippen LogP contribution in [-0.2, 0) is 6.54 Å². The summed E-state index contributed by atoms with van der Waals surface area (Å²) in [5.41, 5.74) is 5.13. The van der Waals surface area contributed by atoms with E-state index in [1.165, 1.54) is 6.07 Å². The first kappa shape index (κ1) is 18.3. The Bertz CT molecular complexity index is 1300. The molecule has 0 amide bonds. The molecule has 5 rings (SSSR count). The van der Waals surface area contributed by atoms with E-state index < -0.39 is 0 Å². The summed E-state index contributed by atoms with van der Waals surface area (Å²) in [4.78, 5) is 9.02. The summed E-state index contributed by atoms with van der Waals surface area (Å²) >= 11 is 0. The van der Waals surface area contributed by atoms with Crippen LogP contribution in [0, 0.1) is 5.82 Å². The van der Waals surface area contributed by atoms with Gasteiger partial charge in [-0.15, -0.1) is 0 Å². The first-order valence-corrected chi connectivity index (χ1v) is 9.50. The molecule has 6 heteroatoms. The zero-order valence-electron chi connectivity index (χ0n) is 16.2. The number of hydrogen-bond donors (Lipinski definition) is 1. The summed E-state index contributed by atoms with van der Waals surface area (Å²) in [5.74, 6) is 0.363. The number of hydroxylamine groups is 2. The average molecular weight is 399 g/mol. The molecule has 148 valence electrons. The van der Waals surface area contributed by atoms with Crippen LogP contribution in [0.2, 0.25) is 0 Å². The van der Waals surface area contributed by atoms with E-state index in [9.17, 15) is 9.60 Å². The molecule has 0 saturated carbocycles. The van der Waals surface area contributed by atoms with E-state index in [2.05, 4.69) is 9.97 Å². The zero-order valence-corrected chi connectivity index (χ0v) is 16.2. The quantitative estimate of drug-likeness (QED) is 0.507. The van der Waals surface area contributed by atoms with E-state index in [0.29, 0.717) is 29.2 Å². The van der Waals surface area contributed by atoms with Gasteiger partial charge in [0, 0.05) is 28.9 Å². The Hall–Kier alpha value is -3.77. The van der Waals surface area contributed by atoms with E-state index in [1.807, 2.05) is 36.4 Å². The standard InChI is InChI=1S/C24H18FN3O2/c1-30-23-9-8-15(16-10-12-28(29)14-20(16)23)19-13-22(18-5-2-3-7-21(18)25)27-24-17(19)6-4-11-26-24/h2-13,29H,14H2,1H3. The number of benzene rings is 2. The molecule has 1 N–H and O–H groups in total. The monoisotopic (exact) mass is 399 g/mol. The number of halogens is 1. The fourth-order valence-corrected chi connectivity index (χ4v) is 3.89. The summed E-state index contributed by atoms with van der Waals surface area (Å²) in [5, 5.41) is 11.9. The number of fused-ring (bicyclic) bond motifs is 2. The molecule has 5 nitrogen and oxygen atoms in total. The van der Waals surface area contributed by atoms with Crippen molar-refractivity contribution in [2.24, 2.45) is 0 Å². The van der Waals surface area contributed by atoms with Gasteiger partial charge >= 0.3 is 0 Å². The molecular formula is C24H18FN3O2.